The van der Waals surface area contributed by atoms with Gasteiger partial charge < -0.3 is 9.13 Å². The van der Waals surface area contributed by atoms with Crippen molar-refractivity contribution in [3.63, 3.8) is 0 Å². The van der Waals surface area contributed by atoms with Crippen LogP contribution in [0.4, 0.5) is 4.39 Å². The van der Waals surface area contributed by atoms with Crippen molar-refractivity contribution in [1.29, 1.82) is 0 Å². The van der Waals surface area contributed by atoms with Gasteiger partial charge in [0.1, 0.15) is 0 Å². The van der Waals surface area contributed by atoms with E-state index < -0.39 is 11.9 Å². The summed E-state index contributed by atoms with van der Waals surface area (Å²) in [6.07, 6.45) is 8.50. The van der Waals surface area contributed by atoms with E-state index in [0.29, 0.717) is 28.0 Å². The minimum atomic E-state index is -0.505. The molecule has 0 saturated heterocycles. The van der Waals surface area contributed by atoms with Gasteiger partial charge in [-0.1, -0.05) is 0 Å². The number of hydrogen-bond acceptors (Lipinski definition) is 5. The van der Waals surface area contributed by atoms with Crippen molar-refractivity contribution in [3.05, 3.63) is 77.4 Å². The minimum Gasteiger partial charge on any atom is -0.340 e. The molecule has 1 atom stereocenters. The largest absolute Gasteiger partial charge is 0.340 e. The third-order valence-electron chi connectivity index (χ3n) is 4.97. The zero-order chi connectivity index (χ0) is 20.1. The lowest BCUT2D eigenvalue weighted by molar-refractivity contribution is 0.575. The van der Waals surface area contributed by atoms with Crippen LogP contribution in [0.1, 0.15) is 18.8 Å². The second kappa shape index (κ2) is 6.33. The Kier molecular flexibility index (Phi) is 3.76. The van der Waals surface area contributed by atoms with Crippen LogP contribution >= 0.6 is 0 Å². The zero-order valence-electron chi connectivity index (χ0n) is 15.7. The van der Waals surface area contributed by atoms with E-state index in [1.54, 1.807) is 62.8 Å². The van der Waals surface area contributed by atoms with Crippen LogP contribution in [0.5, 0.6) is 0 Å². The summed E-state index contributed by atoms with van der Waals surface area (Å²) in [4.78, 5) is 21.4. The summed E-state index contributed by atoms with van der Waals surface area (Å²) in [6, 6.07) is 6.14. The van der Waals surface area contributed by atoms with Crippen LogP contribution in [0.25, 0.3) is 27.8 Å². The van der Waals surface area contributed by atoms with E-state index in [-0.39, 0.29) is 11.2 Å². The van der Waals surface area contributed by atoms with Crippen LogP contribution < -0.4 is 5.56 Å². The van der Waals surface area contributed by atoms with Gasteiger partial charge >= 0.3 is 0 Å². The van der Waals surface area contributed by atoms with E-state index in [1.807, 2.05) is 14.0 Å². The van der Waals surface area contributed by atoms with E-state index in [2.05, 4.69) is 20.2 Å². The number of aromatic nitrogens is 7. The molecule has 5 rings (SSSR count). The van der Waals surface area contributed by atoms with Crippen LogP contribution in [0, 0.1) is 5.82 Å². The summed E-state index contributed by atoms with van der Waals surface area (Å²) in [5.41, 5.74) is 1.76. The molecule has 8 nitrogen and oxygen atoms in total. The molecule has 0 aliphatic carbocycles. The molecule has 0 radical (unpaired) electrons. The second-order valence-electron chi connectivity index (χ2n) is 6.89. The number of pyridine rings is 3. The summed E-state index contributed by atoms with van der Waals surface area (Å²) in [5.74, 6) is -0.0591. The Morgan fingerprint density at radius 2 is 2.00 bits per heavy atom. The summed E-state index contributed by atoms with van der Waals surface area (Å²) < 4.78 is 19.6. The molecule has 0 fully saturated rings. The van der Waals surface area contributed by atoms with Gasteiger partial charge in [0, 0.05) is 37.4 Å². The van der Waals surface area contributed by atoms with E-state index in [1.165, 1.54) is 6.07 Å². The molecule has 29 heavy (non-hydrogen) atoms. The predicted octanol–water partition coefficient (Wildman–Crippen LogP) is 2.59. The highest BCUT2D eigenvalue weighted by molar-refractivity contribution is 5.76. The highest BCUT2D eigenvalue weighted by atomic mass is 19.1. The van der Waals surface area contributed by atoms with Crippen molar-refractivity contribution in [2.45, 2.75) is 13.0 Å². The van der Waals surface area contributed by atoms with Crippen LogP contribution in [0.2, 0.25) is 0 Å². The predicted molar refractivity (Wildman–Crippen MR) is 105 cm³/mol. The summed E-state index contributed by atoms with van der Waals surface area (Å²) in [6.45, 7) is 1.82. The molecular formula is C20H16FN7O. The third-order valence-corrected chi connectivity index (χ3v) is 4.97. The average Bonchev–Trinajstić information content (AvgIpc) is 3.34. The number of hydrogen-bond donors (Lipinski definition) is 0. The Morgan fingerprint density at radius 1 is 1.14 bits per heavy atom. The Morgan fingerprint density at radius 3 is 2.79 bits per heavy atom. The molecule has 0 bridgehead atoms. The maximum absolute atomic E-state index is 14.7. The van der Waals surface area contributed by atoms with Gasteiger partial charge in [-0.15, -0.1) is 10.2 Å². The first-order valence-corrected chi connectivity index (χ1v) is 9.01. The molecule has 0 unspecified atom stereocenters. The Hall–Kier alpha value is -3.88. The maximum Gasteiger partial charge on any atom is 0.260 e. The highest BCUT2D eigenvalue weighted by Gasteiger charge is 2.20. The van der Waals surface area contributed by atoms with Crippen LogP contribution in [0.15, 0.2) is 60.2 Å². The maximum atomic E-state index is 14.7. The molecule has 0 saturated carbocycles. The SMILES string of the molecule is C[C@H](c1nnc2c(F)cc(-c3cn(C)cn3)cn12)n1ccc2ncccc2c1=O. The number of fused-ring (bicyclic) bond motifs is 2. The molecule has 0 aromatic carbocycles. The average molecular weight is 389 g/mol. The van der Waals surface area contributed by atoms with Crippen molar-refractivity contribution >= 4 is 16.6 Å². The Labute approximate surface area is 163 Å². The van der Waals surface area contributed by atoms with Gasteiger partial charge in [0.2, 0.25) is 0 Å². The first-order chi connectivity index (χ1) is 14.0. The number of nitrogens with zero attached hydrogens (tertiary/aromatic N) is 7. The van der Waals surface area contributed by atoms with Crippen molar-refractivity contribution in [1.82, 2.24) is 33.7 Å². The van der Waals surface area contributed by atoms with Gasteiger partial charge in [0.05, 0.1) is 29.0 Å². The van der Waals surface area contributed by atoms with Crippen LogP contribution in [-0.4, -0.2) is 33.7 Å². The normalized spacial score (nSPS) is 12.7. The third kappa shape index (κ3) is 2.70. The van der Waals surface area contributed by atoms with Gasteiger partial charge in [-0.2, -0.15) is 0 Å². The van der Waals surface area contributed by atoms with Gasteiger partial charge in [-0.25, -0.2) is 9.37 Å². The summed E-state index contributed by atoms with van der Waals surface area (Å²) in [5, 5.41) is 8.66. The molecule has 0 N–H and O–H groups in total. The first kappa shape index (κ1) is 17.2. The number of aryl methyl sites for hydroxylation is 1. The van der Waals surface area contributed by atoms with Crippen LogP contribution in [-0.2, 0) is 7.05 Å². The smallest absolute Gasteiger partial charge is 0.260 e. The lowest BCUT2D eigenvalue weighted by atomic mass is 10.2. The monoisotopic (exact) mass is 389 g/mol. The fourth-order valence-corrected chi connectivity index (χ4v) is 3.48. The zero-order valence-corrected chi connectivity index (χ0v) is 15.7. The van der Waals surface area contributed by atoms with Gasteiger partial charge in [-0.05, 0) is 31.2 Å². The van der Waals surface area contributed by atoms with Crippen molar-refractivity contribution < 1.29 is 4.39 Å². The van der Waals surface area contributed by atoms with Crippen LogP contribution in [0.3, 0.4) is 0 Å². The fourth-order valence-electron chi connectivity index (χ4n) is 3.48. The molecule has 0 spiro atoms. The Balaban J connectivity index is 1.68. The van der Waals surface area contributed by atoms with E-state index in [9.17, 15) is 9.18 Å². The van der Waals surface area contributed by atoms with Crippen molar-refractivity contribution in [2.75, 3.05) is 0 Å². The van der Waals surface area contributed by atoms with Gasteiger partial charge in [0.15, 0.2) is 17.3 Å². The molecule has 144 valence electrons. The van der Waals surface area contributed by atoms with Crippen molar-refractivity contribution in [2.24, 2.45) is 7.05 Å². The van der Waals surface area contributed by atoms with Gasteiger partial charge in [0.25, 0.3) is 5.56 Å². The first-order valence-electron chi connectivity index (χ1n) is 9.01. The van der Waals surface area contributed by atoms with E-state index in [4.69, 9.17) is 0 Å². The number of halogens is 1. The quantitative estimate of drug-likeness (QED) is 0.474. The van der Waals surface area contributed by atoms with E-state index >= 15 is 0 Å². The number of imidazole rings is 1. The lowest BCUT2D eigenvalue weighted by Gasteiger charge is -2.14. The molecule has 0 aliphatic rings. The fraction of sp³-hybridized carbons (Fsp3) is 0.150. The highest BCUT2D eigenvalue weighted by Crippen LogP contribution is 2.24. The number of rotatable bonds is 3. The van der Waals surface area contributed by atoms with Gasteiger partial charge in [-0.3, -0.25) is 14.2 Å². The Bertz CT molecular complexity index is 1430. The molecule has 0 amide bonds. The lowest BCUT2D eigenvalue weighted by Crippen LogP contribution is -2.25. The summed E-state index contributed by atoms with van der Waals surface area (Å²) >= 11 is 0. The molecule has 5 aromatic heterocycles. The molecular weight excluding hydrogens is 373 g/mol. The second-order valence-corrected chi connectivity index (χ2v) is 6.89. The minimum absolute atomic E-state index is 0.0991. The standard InChI is InChI=1S/C20H16FN7O/c1-12(27-7-5-16-14(20(27)29)4-3-6-22-16)18-24-25-19-15(21)8-13(9-28(18)19)17-10-26(2)11-23-17/h3-12H,1-2H3/t12-/m1/s1. The molecule has 0 aliphatic heterocycles. The summed E-state index contributed by atoms with van der Waals surface area (Å²) in [7, 11) is 1.85. The van der Waals surface area contributed by atoms with E-state index in [0.717, 1.165) is 0 Å². The molecule has 5 heterocycles. The molecule has 5 aromatic rings. The molecule has 9 heteroatoms. The van der Waals surface area contributed by atoms with Crippen molar-refractivity contribution in [3.8, 4) is 11.3 Å². The topological polar surface area (TPSA) is 82.9 Å².